The lowest BCUT2D eigenvalue weighted by atomic mass is 10.2. The molecular weight excluding hydrogens is 216 g/mol. The van der Waals surface area contributed by atoms with Crippen molar-refractivity contribution in [1.29, 1.82) is 0 Å². The minimum atomic E-state index is -0.00749. The zero-order valence-corrected chi connectivity index (χ0v) is 9.90. The van der Waals surface area contributed by atoms with Crippen LogP contribution in [0.2, 0.25) is 0 Å². The van der Waals surface area contributed by atoms with E-state index in [0.29, 0.717) is 11.5 Å². The number of rotatable bonds is 5. The van der Waals surface area contributed by atoms with E-state index in [1.165, 1.54) is 13.0 Å². The van der Waals surface area contributed by atoms with Crippen LogP contribution in [0.1, 0.15) is 12.5 Å². The average molecular weight is 230 g/mol. The van der Waals surface area contributed by atoms with E-state index in [9.17, 15) is 4.79 Å². The van der Waals surface area contributed by atoms with Crippen LogP contribution in [0, 0.1) is 12.3 Å². The van der Waals surface area contributed by atoms with Gasteiger partial charge in [0.25, 0.3) is 0 Å². The van der Waals surface area contributed by atoms with E-state index >= 15 is 0 Å². The van der Waals surface area contributed by atoms with Crippen LogP contribution in [0.25, 0.3) is 6.08 Å². The molecule has 3 nitrogen and oxygen atoms in total. The lowest BCUT2D eigenvalue weighted by Crippen LogP contribution is -1.97. The van der Waals surface area contributed by atoms with Gasteiger partial charge in [-0.1, -0.05) is 18.1 Å². The fourth-order valence-corrected chi connectivity index (χ4v) is 1.24. The summed E-state index contributed by atoms with van der Waals surface area (Å²) in [5.41, 5.74) is 0.855. The molecule has 0 heterocycles. The summed E-state index contributed by atoms with van der Waals surface area (Å²) in [6, 6.07) is 5.38. The molecule has 1 aromatic rings. The predicted molar refractivity (Wildman–Crippen MR) is 67.0 cm³/mol. The number of hydrogen-bond donors (Lipinski definition) is 0. The number of ether oxygens (including phenoxy) is 2. The zero-order chi connectivity index (χ0) is 12.7. The monoisotopic (exact) mass is 230 g/mol. The van der Waals surface area contributed by atoms with Crippen LogP contribution >= 0.6 is 0 Å². The molecule has 0 aliphatic rings. The third kappa shape index (κ3) is 4.04. The predicted octanol–water partition coefficient (Wildman–Crippen LogP) is 2.31. The van der Waals surface area contributed by atoms with E-state index in [-0.39, 0.29) is 12.4 Å². The number of ketones is 1. The highest BCUT2D eigenvalue weighted by Crippen LogP contribution is 2.28. The van der Waals surface area contributed by atoms with Crippen LogP contribution in [0.4, 0.5) is 0 Å². The van der Waals surface area contributed by atoms with Gasteiger partial charge in [-0.2, -0.15) is 0 Å². The minimum absolute atomic E-state index is 0.00749. The Bertz CT molecular complexity index is 467. The van der Waals surface area contributed by atoms with Gasteiger partial charge in [-0.05, 0) is 30.7 Å². The first kappa shape index (κ1) is 12.9. The summed E-state index contributed by atoms with van der Waals surface area (Å²) in [6.45, 7) is 1.67. The van der Waals surface area contributed by atoms with Crippen molar-refractivity contribution >= 4 is 11.9 Å². The Labute approximate surface area is 101 Å². The second-order valence-electron chi connectivity index (χ2n) is 3.35. The Balaban J connectivity index is 2.96. The van der Waals surface area contributed by atoms with Crippen molar-refractivity contribution in [2.75, 3.05) is 13.7 Å². The zero-order valence-electron chi connectivity index (χ0n) is 9.90. The van der Waals surface area contributed by atoms with E-state index < -0.39 is 0 Å². The number of carbonyl (C=O) groups excluding carboxylic acids is 1. The summed E-state index contributed by atoms with van der Waals surface area (Å²) in [5.74, 6) is 3.56. The van der Waals surface area contributed by atoms with E-state index in [0.717, 1.165) is 5.56 Å². The van der Waals surface area contributed by atoms with Gasteiger partial charge in [0.1, 0.15) is 6.61 Å². The molecule has 0 N–H and O–H groups in total. The number of terminal acetylenes is 1. The van der Waals surface area contributed by atoms with Crippen LogP contribution in [-0.2, 0) is 4.79 Å². The minimum Gasteiger partial charge on any atom is -0.493 e. The first-order valence-corrected chi connectivity index (χ1v) is 5.10. The van der Waals surface area contributed by atoms with Crippen molar-refractivity contribution in [3.63, 3.8) is 0 Å². The topological polar surface area (TPSA) is 35.5 Å². The number of methoxy groups -OCH3 is 1. The van der Waals surface area contributed by atoms with Crippen molar-refractivity contribution in [3.05, 3.63) is 29.8 Å². The van der Waals surface area contributed by atoms with Gasteiger partial charge in [0.05, 0.1) is 7.11 Å². The van der Waals surface area contributed by atoms with E-state index in [1.807, 2.05) is 6.07 Å². The third-order valence-corrected chi connectivity index (χ3v) is 2.01. The maximum Gasteiger partial charge on any atom is 0.163 e. The number of allylic oxidation sites excluding steroid dienone is 1. The van der Waals surface area contributed by atoms with Gasteiger partial charge in [-0.3, -0.25) is 4.79 Å². The Morgan fingerprint density at radius 3 is 2.82 bits per heavy atom. The maximum atomic E-state index is 10.8. The molecule has 0 saturated carbocycles. The second-order valence-corrected chi connectivity index (χ2v) is 3.35. The van der Waals surface area contributed by atoms with Crippen LogP contribution < -0.4 is 9.47 Å². The molecule has 0 unspecified atom stereocenters. The molecule has 0 aromatic heterocycles. The Morgan fingerprint density at radius 2 is 2.24 bits per heavy atom. The third-order valence-electron chi connectivity index (χ3n) is 2.01. The largest absolute Gasteiger partial charge is 0.493 e. The van der Waals surface area contributed by atoms with Gasteiger partial charge in [0, 0.05) is 0 Å². The molecule has 0 spiro atoms. The lowest BCUT2D eigenvalue weighted by molar-refractivity contribution is -0.112. The molecule has 0 fully saturated rings. The molecule has 0 atom stereocenters. The number of benzene rings is 1. The smallest absolute Gasteiger partial charge is 0.163 e. The summed E-state index contributed by atoms with van der Waals surface area (Å²) in [5, 5.41) is 0. The van der Waals surface area contributed by atoms with Crippen LogP contribution in [0.15, 0.2) is 24.3 Å². The molecule has 0 amide bonds. The first-order chi connectivity index (χ1) is 8.17. The number of hydrogen-bond acceptors (Lipinski definition) is 3. The molecule has 0 bridgehead atoms. The average Bonchev–Trinajstić information content (AvgIpc) is 2.33. The molecule has 0 saturated heterocycles. The molecule has 0 aliphatic heterocycles. The molecule has 88 valence electrons. The first-order valence-electron chi connectivity index (χ1n) is 5.10. The summed E-state index contributed by atoms with van der Waals surface area (Å²) in [7, 11) is 1.56. The van der Waals surface area contributed by atoms with Crippen molar-refractivity contribution in [2.24, 2.45) is 0 Å². The van der Waals surface area contributed by atoms with Gasteiger partial charge < -0.3 is 9.47 Å². The van der Waals surface area contributed by atoms with Crippen molar-refractivity contribution in [3.8, 4) is 23.8 Å². The quantitative estimate of drug-likeness (QED) is 0.575. The maximum absolute atomic E-state index is 10.8. The van der Waals surface area contributed by atoms with Gasteiger partial charge in [-0.25, -0.2) is 0 Å². The Kier molecular flexibility index (Phi) is 4.83. The van der Waals surface area contributed by atoms with Crippen LogP contribution in [-0.4, -0.2) is 19.5 Å². The fourth-order valence-electron chi connectivity index (χ4n) is 1.24. The Morgan fingerprint density at radius 1 is 1.47 bits per heavy atom. The van der Waals surface area contributed by atoms with E-state index in [1.54, 1.807) is 25.3 Å². The summed E-state index contributed by atoms with van der Waals surface area (Å²) in [6.07, 6.45) is 8.34. The summed E-state index contributed by atoms with van der Waals surface area (Å²) >= 11 is 0. The normalized spacial score (nSPS) is 9.94. The summed E-state index contributed by atoms with van der Waals surface area (Å²) < 4.78 is 10.5. The molecule has 0 radical (unpaired) electrons. The molecule has 0 aliphatic carbocycles. The highest BCUT2D eigenvalue weighted by atomic mass is 16.5. The van der Waals surface area contributed by atoms with Gasteiger partial charge in [-0.15, -0.1) is 6.42 Å². The van der Waals surface area contributed by atoms with Crippen molar-refractivity contribution in [1.82, 2.24) is 0 Å². The molecular formula is C14H14O3. The molecule has 3 heteroatoms. The SMILES string of the molecule is C#CCOc1cc(/C=C/C(C)=O)ccc1OC. The van der Waals surface area contributed by atoms with Gasteiger partial charge >= 0.3 is 0 Å². The second kappa shape index (κ2) is 6.39. The number of carbonyl (C=O) groups is 1. The van der Waals surface area contributed by atoms with Gasteiger partial charge in [0.15, 0.2) is 17.3 Å². The van der Waals surface area contributed by atoms with Gasteiger partial charge in [0.2, 0.25) is 0 Å². The lowest BCUT2D eigenvalue weighted by Gasteiger charge is -2.09. The molecule has 1 aromatic carbocycles. The van der Waals surface area contributed by atoms with Crippen molar-refractivity contribution in [2.45, 2.75) is 6.92 Å². The van der Waals surface area contributed by atoms with Crippen LogP contribution in [0.5, 0.6) is 11.5 Å². The fraction of sp³-hybridized carbons (Fsp3) is 0.214. The van der Waals surface area contributed by atoms with Crippen LogP contribution in [0.3, 0.4) is 0 Å². The molecule has 1 rings (SSSR count). The highest BCUT2D eigenvalue weighted by Gasteiger charge is 2.03. The Hall–Kier alpha value is -2.21. The summed E-state index contributed by atoms with van der Waals surface area (Å²) in [4.78, 5) is 10.8. The van der Waals surface area contributed by atoms with E-state index in [4.69, 9.17) is 15.9 Å². The van der Waals surface area contributed by atoms with E-state index in [2.05, 4.69) is 5.92 Å². The van der Waals surface area contributed by atoms with Crippen molar-refractivity contribution < 1.29 is 14.3 Å². The highest BCUT2D eigenvalue weighted by molar-refractivity contribution is 5.91. The standard InChI is InChI=1S/C14H14O3/c1-4-9-17-14-10-12(6-5-11(2)15)7-8-13(14)16-3/h1,5-8,10H,9H2,2-3H3/b6-5+. The molecule has 17 heavy (non-hydrogen) atoms.